The van der Waals surface area contributed by atoms with E-state index in [4.69, 9.17) is 13.6 Å². The summed E-state index contributed by atoms with van der Waals surface area (Å²) in [6.07, 6.45) is 0.968. The first-order valence-electron chi connectivity index (χ1n) is 7.17. The summed E-state index contributed by atoms with van der Waals surface area (Å²) in [5.41, 5.74) is 0.275. The van der Waals surface area contributed by atoms with Crippen molar-refractivity contribution < 1.29 is 18.4 Å². The van der Waals surface area contributed by atoms with Crippen molar-refractivity contribution in [1.82, 2.24) is 0 Å². The molecule has 1 heterocycles. The second-order valence-corrected chi connectivity index (χ2v) is 11.3. The second kappa shape index (κ2) is 6.62. The number of esters is 1. The number of furan rings is 1. The molecule has 1 aromatic heterocycles. The highest BCUT2D eigenvalue weighted by Gasteiger charge is 2.41. The lowest BCUT2D eigenvalue weighted by molar-refractivity contribution is -0.139. The van der Waals surface area contributed by atoms with E-state index in [1.807, 2.05) is 0 Å². The molecule has 5 heteroatoms. The van der Waals surface area contributed by atoms with Gasteiger partial charge in [-0.25, -0.2) is 4.79 Å². The summed E-state index contributed by atoms with van der Waals surface area (Å²) in [4.78, 5) is 12.0. The Morgan fingerprint density at radius 1 is 1.43 bits per heavy atom. The monoisotopic (exact) mass is 310 g/mol. The predicted molar refractivity (Wildman–Crippen MR) is 85.5 cm³/mol. The van der Waals surface area contributed by atoms with Crippen molar-refractivity contribution in [3.05, 3.63) is 36.3 Å². The zero-order valence-corrected chi connectivity index (χ0v) is 14.9. The summed E-state index contributed by atoms with van der Waals surface area (Å²) in [6, 6.07) is 3.57. The van der Waals surface area contributed by atoms with Gasteiger partial charge in [0.15, 0.2) is 8.32 Å². The molecule has 1 aromatic rings. The van der Waals surface area contributed by atoms with Crippen LogP contribution in [0.5, 0.6) is 0 Å². The smallest absolute Gasteiger partial charge is 0.336 e. The molecule has 0 aliphatic rings. The van der Waals surface area contributed by atoms with E-state index >= 15 is 0 Å². The predicted octanol–water partition coefficient (Wildman–Crippen LogP) is 4.46. The average Bonchev–Trinajstić information content (AvgIpc) is 2.87. The average molecular weight is 310 g/mol. The van der Waals surface area contributed by atoms with Gasteiger partial charge in [0.25, 0.3) is 0 Å². The van der Waals surface area contributed by atoms with Gasteiger partial charge in [0.05, 0.1) is 18.4 Å². The normalized spacial score (nSPS) is 13.8. The van der Waals surface area contributed by atoms with Gasteiger partial charge in [0.1, 0.15) is 11.9 Å². The maximum absolute atomic E-state index is 12.0. The molecule has 0 aliphatic carbocycles. The fourth-order valence-electron chi connectivity index (χ4n) is 1.54. The number of carbonyl (C=O) groups is 1. The molecule has 118 valence electrons. The van der Waals surface area contributed by atoms with Crippen LogP contribution < -0.4 is 0 Å². The van der Waals surface area contributed by atoms with Gasteiger partial charge in [-0.3, -0.25) is 0 Å². The fraction of sp³-hybridized carbons (Fsp3) is 0.562. The first kappa shape index (κ1) is 17.7. The Morgan fingerprint density at radius 2 is 2.05 bits per heavy atom. The van der Waals surface area contributed by atoms with E-state index in [1.54, 1.807) is 25.3 Å². The van der Waals surface area contributed by atoms with Crippen LogP contribution >= 0.6 is 0 Å². The summed E-state index contributed by atoms with van der Waals surface area (Å²) < 4.78 is 16.8. The van der Waals surface area contributed by atoms with Crippen molar-refractivity contribution >= 4 is 14.3 Å². The Balaban J connectivity index is 3.06. The largest absolute Gasteiger partial charge is 0.466 e. The molecular weight excluding hydrogens is 284 g/mol. The SMILES string of the molecule is C=C(C(=O)OCC)C(O[Si](C)(C)C(C)(C)C)c1ccco1. The Labute approximate surface area is 128 Å². The first-order chi connectivity index (χ1) is 9.60. The van der Waals surface area contributed by atoms with Gasteiger partial charge >= 0.3 is 5.97 Å². The van der Waals surface area contributed by atoms with Crippen molar-refractivity contribution in [3.8, 4) is 0 Å². The summed E-state index contributed by atoms with van der Waals surface area (Å²) in [6.45, 7) is 16.6. The Bertz CT molecular complexity index is 483. The molecule has 4 nitrogen and oxygen atoms in total. The Morgan fingerprint density at radius 3 is 2.48 bits per heavy atom. The minimum atomic E-state index is -2.08. The molecule has 0 aromatic carbocycles. The van der Waals surface area contributed by atoms with Crippen LogP contribution in [-0.2, 0) is 14.0 Å². The van der Waals surface area contributed by atoms with Crippen molar-refractivity contribution in [1.29, 1.82) is 0 Å². The Hall–Kier alpha value is -1.33. The first-order valence-corrected chi connectivity index (χ1v) is 10.1. The molecule has 0 aliphatic heterocycles. The van der Waals surface area contributed by atoms with Crippen LogP contribution in [-0.4, -0.2) is 20.9 Å². The number of ether oxygens (including phenoxy) is 1. The standard InChI is InChI=1S/C16H26O4Si/c1-8-18-15(17)12(2)14(13-10-9-11-19-13)20-21(6,7)16(3,4)5/h9-11,14H,2,8H2,1,3-7H3. The molecule has 21 heavy (non-hydrogen) atoms. The zero-order chi connectivity index (χ0) is 16.3. The molecular formula is C16H26O4Si. The lowest BCUT2D eigenvalue weighted by Crippen LogP contribution is -2.42. The molecule has 0 N–H and O–H groups in total. The molecule has 0 fully saturated rings. The van der Waals surface area contributed by atoms with Crippen LogP contribution in [0.1, 0.15) is 39.6 Å². The lowest BCUT2D eigenvalue weighted by atomic mass is 10.1. The highest BCUT2D eigenvalue weighted by atomic mass is 28.4. The van der Waals surface area contributed by atoms with Gasteiger partial charge < -0.3 is 13.6 Å². The molecule has 0 saturated carbocycles. The summed E-state index contributed by atoms with van der Waals surface area (Å²) in [5.74, 6) is 0.135. The number of rotatable bonds is 6. The third-order valence-corrected chi connectivity index (χ3v) is 8.31. The van der Waals surface area contributed by atoms with E-state index in [2.05, 4.69) is 40.4 Å². The van der Waals surface area contributed by atoms with Crippen molar-refractivity contribution in [2.24, 2.45) is 0 Å². The van der Waals surface area contributed by atoms with E-state index in [9.17, 15) is 4.79 Å². The van der Waals surface area contributed by atoms with Gasteiger partial charge in [-0.1, -0.05) is 27.4 Å². The molecule has 1 unspecified atom stereocenters. The summed E-state index contributed by atoms with van der Waals surface area (Å²) in [7, 11) is -2.08. The number of hydrogen-bond acceptors (Lipinski definition) is 4. The van der Waals surface area contributed by atoms with Crippen LogP contribution in [0.3, 0.4) is 0 Å². The second-order valence-electron chi connectivity index (χ2n) is 6.52. The number of hydrogen-bond donors (Lipinski definition) is 0. The van der Waals surface area contributed by atoms with Crippen LogP contribution in [0, 0.1) is 0 Å². The maximum Gasteiger partial charge on any atom is 0.336 e. The van der Waals surface area contributed by atoms with E-state index in [0.717, 1.165) is 0 Å². The zero-order valence-electron chi connectivity index (χ0n) is 13.9. The van der Waals surface area contributed by atoms with Crippen LogP contribution in [0.25, 0.3) is 0 Å². The lowest BCUT2D eigenvalue weighted by Gasteiger charge is -2.38. The van der Waals surface area contributed by atoms with Crippen LogP contribution in [0.15, 0.2) is 35.0 Å². The Kier molecular flexibility index (Phi) is 5.59. The third-order valence-electron chi connectivity index (χ3n) is 3.87. The highest BCUT2D eigenvalue weighted by molar-refractivity contribution is 6.74. The van der Waals surface area contributed by atoms with Gasteiger partial charge in [0.2, 0.25) is 0 Å². The van der Waals surface area contributed by atoms with Crippen LogP contribution in [0.2, 0.25) is 18.1 Å². The fourth-order valence-corrected chi connectivity index (χ4v) is 2.74. The van der Waals surface area contributed by atoms with E-state index in [0.29, 0.717) is 12.4 Å². The van der Waals surface area contributed by atoms with E-state index in [1.165, 1.54) is 0 Å². The van der Waals surface area contributed by atoms with E-state index < -0.39 is 20.4 Å². The van der Waals surface area contributed by atoms with Crippen molar-refractivity contribution in [2.75, 3.05) is 6.61 Å². The quantitative estimate of drug-likeness (QED) is 0.442. The van der Waals surface area contributed by atoms with Gasteiger partial charge in [-0.15, -0.1) is 0 Å². The van der Waals surface area contributed by atoms with Crippen molar-refractivity contribution in [2.45, 2.75) is 51.9 Å². The highest BCUT2D eigenvalue weighted by Crippen LogP contribution is 2.41. The van der Waals surface area contributed by atoms with Gasteiger partial charge in [0, 0.05) is 0 Å². The molecule has 1 rings (SSSR count). The number of carbonyl (C=O) groups excluding carboxylic acids is 1. The van der Waals surface area contributed by atoms with Crippen molar-refractivity contribution in [3.63, 3.8) is 0 Å². The summed E-state index contributed by atoms with van der Waals surface area (Å²) >= 11 is 0. The van der Waals surface area contributed by atoms with Gasteiger partial charge in [-0.05, 0) is 37.2 Å². The van der Waals surface area contributed by atoms with Crippen LogP contribution in [0.4, 0.5) is 0 Å². The van der Waals surface area contributed by atoms with E-state index in [-0.39, 0.29) is 10.6 Å². The molecule has 0 spiro atoms. The summed E-state index contributed by atoms with van der Waals surface area (Å²) in [5, 5.41) is 0.0206. The minimum absolute atomic E-state index is 0.0206. The molecule has 1 atom stereocenters. The van der Waals surface area contributed by atoms with Gasteiger partial charge in [-0.2, -0.15) is 0 Å². The third kappa shape index (κ3) is 4.31. The molecule has 0 saturated heterocycles. The molecule has 0 bridgehead atoms. The molecule has 0 radical (unpaired) electrons. The minimum Gasteiger partial charge on any atom is -0.466 e. The molecule has 0 amide bonds. The topological polar surface area (TPSA) is 48.7 Å². The maximum atomic E-state index is 12.0.